The lowest BCUT2D eigenvalue weighted by atomic mass is 9.96. The minimum Gasteiger partial charge on any atom is -0.341 e. The Morgan fingerprint density at radius 3 is 2.52 bits per heavy atom. The van der Waals surface area contributed by atoms with Gasteiger partial charge in [0.15, 0.2) is 0 Å². The molecule has 0 atom stereocenters. The van der Waals surface area contributed by atoms with Gasteiger partial charge in [0.05, 0.1) is 28.6 Å². The van der Waals surface area contributed by atoms with Crippen molar-refractivity contribution >= 4 is 22.1 Å². The number of piperidine rings is 1. The Balaban J connectivity index is 1.23. The number of imidazole rings is 2. The van der Waals surface area contributed by atoms with Crippen molar-refractivity contribution in [3.63, 3.8) is 0 Å². The van der Waals surface area contributed by atoms with Crippen molar-refractivity contribution in [3.05, 3.63) is 60.2 Å². The van der Waals surface area contributed by atoms with Crippen LogP contribution in [0.1, 0.15) is 24.5 Å². The fourth-order valence-electron chi connectivity index (χ4n) is 4.30. The van der Waals surface area contributed by atoms with E-state index in [1.807, 2.05) is 6.07 Å². The van der Waals surface area contributed by atoms with E-state index in [9.17, 15) is 0 Å². The number of nitrogens with zero attached hydrogens (tertiary/aromatic N) is 4. The van der Waals surface area contributed by atoms with Crippen LogP contribution in [0.4, 0.5) is 0 Å². The molecule has 4 aromatic rings. The summed E-state index contributed by atoms with van der Waals surface area (Å²) in [6.45, 7) is 6.37. The van der Waals surface area contributed by atoms with Crippen LogP contribution in [0, 0.1) is 12.8 Å². The maximum absolute atomic E-state index is 4.72. The van der Waals surface area contributed by atoms with Crippen LogP contribution in [-0.2, 0) is 13.1 Å². The van der Waals surface area contributed by atoms with E-state index in [-0.39, 0.29) is 0 Å². The molecule has 0 aliphatic carbocycles. The lowest BCUT2D eigenvalue weighted by Gasteiger charge is -2.31. The second kappa shape index (κ2) is 6.82. The largest absolute Gasteiger partial charge is 0.341 e. The number of aryl methyl sites for hydroxylation is 1. The number of hydrogen-bond acceptors (Lipinski definition) is 3. The molecule has 5 nitrogen and oxygen atoms in total. The molecule has 0 radical (unpaired) electrons. The molecule has 5 rings (SSSR count). The van der Waals surface area contributed by atoms with E-state index in [0.29, 0.717) is 5.92 Å². The molecule has 1 aliphatic heterocycles. The van der Waals surface area contributed by atoms with E-state index in [2.05, 4.69) is 63.8 Å². The van der Waals surface area contributed by atoms with Gasteiger partial charge in [-0.05, 0) is 63.0 Å². The third kappa shape index (κ3) is 3.23. The number of hydrogen-bond donors (Lipinski definition) is 1. The zero-order chi connectivity index (χ0) is 18.2. The van der Waals surface area contributed by atoms with Crippen LogP contribution in [-0.4, -0.2) is 37.5 Å². The van der Waals surface area contributed by atoms with Crippen LogP contribution in [0.2, 0.25) is 0 Å². The first-order valence-corrected chi connectivity index (χ1v) is 9.84. The van der Waals surface area contributed by atoms with Gasteiger partial charge in [-0.1, -0.05) is 24.3 Å². The molecule has 2 aromatic carbocycles. The van der Waals surface area contributed by atoms with Crippen molar-refractivity contribution in [1.29, 1.82) is 0 Å². The Morgan fingerprint density at radius 1 is 0.963 bits per heavy atom. The molecule has 0 saturated carbocycles. The monoisotopic (exact) mass is 359 g/mol. The minimum atomic E-state index is 0.716. The lowest BCUT2D eigenvalue weighted by molar-refractivity contribution is 0.164. The number of H-pyrrole nitrogens is 1. The number of rotatable bonds is 4. The fourth-order valence-corrected chi connectivity index (χ4v) is 4.30. The van der Waals surface area contributed by atoms with Gasteiger partial charge in [0, 0.05) is 6.54 Å². The fraction of sp³-hybridized carbons (Fsp3) is 0.364. The number of likely N-dealkylation sites (tertiary alicyclic amines) is 1. The first-order valence-electron chi connectivity index (χ1n) is 9.84. The zero-order valence-corrected chi connectivity index (χ0v) is 15.7. The van der Waals surface area contributed by atoms with Crippen LogP contribution in [0.15, 0.2) is 48.5 Å². The van der Waals surface area contributed by atoms with Crippen LogP contribution in [0.5, 0.6) is 0 Å². The Hall–Kier alpha value is -2.66. The van der Waals surface area contributed by atoms with Gasteiger partial charge in [-0.2, -0.15) is 0 Å². The van der Waals surface area contributed by atoms with E-state index >= 15 is 0 Å². The average molecular weight is 359 g/mol. The molecule has 5 heteroatoms. The van der Waals surface area contributed by atoms with Crippen molar-refractivity contribution in [1.82, 2.24) is 24.4 Å². The number of benzene rings is 2. The van der Waals surface area contributed by atoms with Gasteiger partial charge in [-0.3, -0.25) is 4.90 Å². The molecule has 2 aromatic heterocycles. The maximum Gasteiger partial charge on any atom is 0.121 e. The molecule has 138 valence electrons. The summed E-state index contributed by atoms with van der Waals surface area (Å²) < 4.78 is 2.40. The van der Waals surface area contributed by atoms with E-state index < -0.39 is 0 Å². The van der Waals surface area contributed by atoms with Gasteiger partial charge in [0.25, 0.3) is 0 Å². The van der Waals surface area contributed by atoms with Crippen molar-refractivity contribution in [2.24, 2.45) is 5.92 Å². The summed E-state index contributed by atoms with van der Waals surface area (Å²) in [4.78, 5) is 15.4. The summed E-state index contributed by atoms with van der Waals surface area (Å²) in [6.07, 6.45) is 2.46. The SMILES string of the molecule is Cc1nc2ccccc2n1CC1CCN(Cc2nc3ccccc3[nH]2)CC1. The van der Waals surface area contributed by atoms with Crippen molar-refractivity contribution in [2.75, 3.05) is 13.1 Å². The molecule has 1 saturated heterocycles. The molecule has 0 bridgehead atoms. The molecule has 1 N–H and O–H groups in total. The molecule has 0 unspecified atom stereocenters. The highest BCUT2D eigenvalue weighted by atomic mass is 15.2. The Bertz CT molecular complexity index is 1040. The molecule has 0 amide bonds. The van der Waals surface area contributed by atoms with Crippen LogP contribution < -0.4 is 0 Å². The first kappa shape index (κ1) is 16.5. The molecular formula is C22H25N5. The number of aromatic amines is 1. The summed E-state index contributed by atoms with van der Waals surface area (Å²) in [5, 5.41) is 0. The third-order valence-electron chi connectivity index (χ3n) is 5.81. The number of fused-ring (bicyclic) bond motifs is 2. The Morgan fingerprint density at radius 2 is 1.70 bits per heavy atom. The molecule has 1 fully saturated rings. The zero-order valence-electron chi connectivity index (χ0n) is 15.7. The highest BCUT2D eigenvalue weighted by Gasteiger charge is 2.21. The molecule has 27 heavy (non-hydrogen) atoms. The lowest BCUT2D eigenvalue weighted by Crippen LogP contribution is -2.35. The van der Waals surface area contributed by atoms with Crippen LogP contribution >= 0.6 is 0 Å². The van der Waals surface area contributed by atoms with Gasteiger partial charge in [-0.25, -0.2) is 9.97 Å². The Kier molecular flexibility index (Phi) is 4.17. The predicted octanol–water partition coefficient (Wildman–Crippen LogP) is 4.13. The van der Waals surface area contributed by atoms with Crippen LogP contribution in [0.3, 0.4) is 0 Å². The van der Waals surface area contributed by atoms with Crippen molar-refractivity contribution in [2.45, 2.75) is 32.9 Å². The normalized spacial score (nSPS) is 16.5. The minimum absolute atomic E-state index is 0.716. The number of para-hydroxylation sites is 4. The van der Waals surface area contributed by atoms with Gasteiger partial charge in [-0.15, -0.1) is 0 Å². The van der Waals surface area contributed by atoms with E-state index in [4.69, 9.17) is 9.97 Å². The summed E-state index contributed by atoms with van der Waals surface area (Å²) in [5.74, 6) is 2.92. The van der Waals surface area contributed by atoms with Gasteiger partial charge in [0.1, 0.15) is 11.6 Å². The van der Waals surface area contributed by atoms with Crippen molar-refractivity contribution in [3.8, 4) is 0 Å². The average Bonchev–Trinajstić information content (AvgIpc) is 3.23. The topological polar surface area (TPSA) is 49.7 Å². The number of aromatic nitrogens is 4. The molecule has 0 spiro atoms. The van der Waals surface area contributed by atoms with Crippen LogP contribution in [0.25, 0.3) is 22.1 Å². The second-order valence-electron chi connectivity index (χ2n) is 7.68. The summed E-state index contributed by atoms with van der Waals surface area (Å²) in [6, 6.07) is 16.7. The Labute approximate surface area is 159 Å². The van der Waals surface area contributed by atoms with Gasteiger partial charge in [0.2, 0.25) is 0 Å². The molecule has 1 aliphatic rings. The smallest absolute Gasteiger partial charge is 0.121 e. The van der Waals surface area contributed by atoms with Crippen molar-refractivity contribution < 1.29 is 0 Å². The maximum atomic E-state index is 4.72. The van der Waals surface area contributed by atoms with E-state index in [1.165, 1.54) is 18.4 Å². The highest BCUT2D eigenvalue weighted by Crippen LogP contribution is 2.24. The van der Waals surface area contributed by atoms with E-state index in [1.54, 1.807) is 0 Å². The van der Waals surface area contributed by atoms with Gasteiger partial charge >= 0.3 is 0 Å². The van der Waals surface area contributed by atoms with E-state index in [0.717, 1.165) is 54.4 Å². The van der Waals surface area contributed by atoms with Gasteiger partial charge < -0.3 is 9.55 Å². The standard InChI is InChI=1S/C22H25N5/c1-16-23-20-8-4-5-9-21(20)27(16)14-17-10-12-26(13-11-17)15-22-24-18-6-2-3-7-19(18)25-22/h2-9,17H,10-15H2,1H3,(H,24,25). The third-order valence-corrected chi connectivity index (χ3v) is 5.81. The first-order chi connectivity index (χ1) is 13.3. The summed E-state index contributed by atoms with van der Waals surface area (Å²) in [5.41, 5.74) is 4.56. The molecule has 3 heterocycles. The summed E-state index contributed by atoms with van der Waals surface area (Å²) in [7, 11) is 0. The molecular weight excluding hydrogens is 334 g/mol. The summed E-state index contributed by atoms with van der Waals surface area (Å²) >= 11 is 0. The predicted molar refractivity (Wildman–Crippen MR) is 109 cm³/mol. The quantitative estimate of drug-likeness (QED) is 0.596. The second-order valence-corrected chi connectivity index (χ2v) is 7.68. The number of nitrogens with one attached hydrogen (secondary N) is 1. The highest BCUT2D eigenvalue weighted by molar-refractivity contribution is 5.76.